The van der Waals surface area contributed by atoms with Gasteiger partial charge in [0, 0.05) is 12.0 Å². The zero-order valence-electron chi connectivity index (χ0n) is 6.81. The average Bonchev–Trinajstić information content (AvgIpc) is 1.84. The summed E-state index contributed by atoms with van der Waals surface area (Å²) in [5, 5.41) is 8.45. The molecule has 66 valence electrons. The molecule has 0 aliphatic carbocycles. The molecule has 1 nitrogen and oxygen atoms in total. The minimum absolute atomic E-state index is 0.225. The molecule has 0 aromatic rings. The van der Waals surface area contributed by atoms with Crippen LogP contribution in [-0.2, 0) is 0 Å². The van der Waals surface area contributed by atoms with Gasteiger partial charge in [0.2, 0.25) is 0 Å². The van der Waals surface area contributed by atoms with Crippen LogP contribution in [0.4, 0.5) is 7.77 Å². The number of halogens is 2. The third-order valence-electron chi connectivity index (χ3n) is 1.31. The maximum absolute atomic E-state index is 12.4. The van der Waals surface area contributed by atoms with Crippen LogP contribution in [0.1, 0.15) is 19.8 Å². The van der Waals surface area contributed by atoms with Gasteiger partial charge in [-0.05, 0) is 6.42 Å². The van der Waals surface area contributed by atoms with E-state index in [9.17, 15) is 7.77 Å². The molecule has 0 rings (SSSR count). The fraction of sp³-hybridized carbons (Fsp3) is 0.857. The van der Waals surface area contributed by atoms with Crippen LogP contribution >= 0.6 is 10.8 Å². The molecule has 0 aromatic carbocycles. The Morgan fingerprint density at radius 2 is 2.09 bits per heavy atom. The first kappa shape index (κ1) is 10.7. The van der Waals surface area contributed by atoms with Crippen LogP contribution in [0.25, 0.3) is 0 Å². The van der Waals surface area contributed by atoms with Gasteiger partial charge in [0.1, 0.15) is 0 Å². The molecule has 0 heterocycles. The molecule has 4 heteroatoms. The van der Waals surface area contributed by atoms with Gasteiger partial charge in [-0.3, -0.25) is 0 Å². The summed E-state index contributed by atoms with van der Waals surface area (Å²) in [5.41, 5.74) is 0. The summed E-state index contributed by atoms with van der Waals surface area (Å²) in [6.07, 6.45) is 2.33. The molecular weight excluding hydrogens is 168 g/mol. The van der Waals surface area contributed by atoms with E-state index in [0.29, 0.717) is 6.42 Å². The highest BCUT2D eigenvalue weighted by Gasteiger charge is 2.20. The minimum Gasteiger partial charge on any atom is -0.198 e. The molecule has 0 aliphatic rings. The standard InChI is InChI=1S/C7H13F2NS/c1-3-4-7(5-10)6-11(2,8)9/h7H,3-4,6H2,1-2H3. The fourth-order valence-corrected chi connectivity index (χ4v) is 1.83. The highest BCUT2D eigenvalue weighted by Crippen LogP contribution is 2.49. The molecule has 0 saturated carbocycles. The Morgan fingerprint density at radius 3 is 2.36 bits per heavy atom. The van der Waals surface area contributed by atoms with Crippen LogP contribution in [0.3, 0.4) is 0 Å². The predicted molar refractivity (Wildman–Crippen MR) is 44.6 cm³/mol. The quantitative estimate of drug-likeness (QED) is 0.653. The smallest absolute Gasteiger partial charge is 0.0665 e. The van der Waals surface area contributed by atoms with Gasteiger partial charge in [0.25, 0.3) is 0 Å². The predicted octanol–water partition coefficient (Wildman–Crippen LogP) is 3.13. The number of hydrogen-bond donors (Lipinski definition) is 0. The van der Waals surface area contributed by atoms with Crippen molar-refractivity contribution in [3.8, 4) is 6.07 Å². The maximum atomic E-state index is 12.4. The number of rotatable bonds is 4. The summed E-state index contributed by atoms with van der Waals surface area (Å²) < 4.78 is 24.8. The van der Waals surface area contributed by atoms with Crippen LogP contribution in [0.15, 0.2) is 0 Å². The van der Waals surface area contributed by atoms with Gasteiger partial charge in [-0.1, -0.05) is 13.3 Å². The van der Waals surface area contributed by atoms with Crippen molar-refractivity contribution in [1.29, 1.82) is 5.26 Å². The third-order valence-corrected chi connectivity index (χ3v) is 2.30. The van der Waals surface area contributed by atoms with E-state index in [1.165, 1.54) is 0 Å². The van der Waals surface area contributed by atoms with Gasteiger partial charge in [-0.25, -0.2) is 0 Å². The van der Waals surface area contributed by atoms with Crippen LogP contribution < -0.4 is 0 Å². The van der Waals surface area contributed by atoms with E-state index in [4.69, 9.17) is 5.26 Å². The molecule has 0 aliphatic heterocycles. The van der Waals surface area contributed by atoms with E-state index in [0.717, 1.165) is 12.7 Å². The van der Waals surface area contributed by atoms with E-state index in [1.807, 2.05) is 13.0 Å². The molecule has 1 atom stereocenters. The molecule has 0 spiro atoms. The van der Waals surface area contributed by atoms with Crippen molar-refractivity contribution >= 4 is 10.8 Å². The van der Waals surface area contributed by atoms with Crippen molar-refractivity contribution in [1.82, 2.24) is 0 Å². The lowest BCUT2D eigenvalue weighted by atomic mass is 10.1. The molecule has 0 fully saturated rings. The second-order valence-electron chi connectivity index (χ2n) is 2.66. The normalized spacial score (nSPS) is 15.5. The van der Waals surface area contributed by atoms with Crippen LogP contribution in [0, 0.1) is 17.2 Å². The van der Waals surface area contributed by atoms with Crippen molar-refractivity contribution in [2.45, 2.75) is 19.8 Å². The van der Waals surface area contributed by atoms with E-state index < -0.39 is 16.7 Å². The second-order valence-corrected chi connectivity index (χ2v) is 4.74. The lowest BCUT2D eigenvalue weighted by molar-refractivity contribution is 0.627. The molecule has 0 bridgehead atoms. The fourth-order valence-electron chi connectivity index (χ4n) is 0.887. The first-order valence-corrected chi connectivity index (χ1v) is 5.55. The van der Waals surface area contributed by atoms with Crippen LogP contribution in [0.2, 0.25) is 0 Å². The summed E-state index contributed by atoms with van der Waals surface area (Å²) in [6.45, 7) is 1.90. The van der Waals surface area contributed by atoms with Gasteiger partial charge in [0.05, 0.1) is 22.8 Å². The van der Waals surface area contributed by atoms with Gasteiger partial charge in [-0.2, -0.15) is 13.0 Å². The van der Waals surface area contributed by atoms with Gasteiger partial charge in [-0.15, -0.1) is 0 Å². The molecule has 0 aromatic heterocycles. The van der Waals surface area contributed by atoms with Crippen LogP contribution in [-0.4, -0.2) is 12.0 Å². The lowest BCUT2D eigenvalue weighted by Crippen LogP contribution is -2.05. The summed E-state index contributed by atoms with van der Waals surface area (Å²) >= 11 is 0. The Kier molecular flexibility index (Phi) is 4.43. The van der Waals surface area contributed by atoms with E-state index in [2.05, 4.69) is 0 Å². The van der Waals surface area contributed by atoms with Gasteiger partial charge < -0.3 is 0 Å². The Bertz CT molecular complexity index is 148. The van der Waals surface area contributed by atoms with Crippen molar-refractivity contribution in [3.05, 3.63) is 0 Å². The zero-order chi connectivity index (χ0) is 8.91. The van der Waals surface area contributed by atoms with Gasteiger partial charge >= 0.3 is 0 Å². The first-order valence-electron chi connectivity index (χ1n) is 3.54. The monoisotopic (exact) mass is 181 g/mol. The average molecular weight is 181 g/mol. The van der Waals surface area contributed by atoms with E-state index >= 15 is 0 Å². The lowest BCUT2D eigenvalue weighted by Gasteiger charge is -2.17. The Labute approximate surface area is 68.3 Å². The number of nitriles is 1. The summed E-state index contributed by atoms with van der Waals surface area (Å²) in [6, 6.07) is 1.90. The van der Waals surface area contributed by atoms with Crippen molar-refractivity contribution in [2.24, 2.45) is 5.92 Å². The van der Waals surface area contributed by atoms with E-state index in [1.54, 1.807) is 0 Å². The third kappa shape index (κ3) is 6.11. The maximum Gasteiger partial charge on any atom is 0.0665 e. The van der Waals surface area contributed by atoms with Crippen molar-refractivity contribution in [3.63, 3.8) is 0 Å². The largest absolute Gasteiger partial charge is 0.198 e. The number of hydrogen-bond acceptors (Lipinski definition) is 1. The molecule has 0 radical (unpaired) electrons. The second kappa shape index (κ2) is 4.55. The highest BCUT2D eigenvalue weighted by atomic mass is 32.3. The van der Waals surface area contributed by atoms with Gasteiger partial charge in [0.15, 0.2) is 0 Å². The summed E-state index contributed by atoms with van der Waals surface area (Å²) in [5.74, 6) is -0.674. The molecular formula is C7H13F2NS. The Hall–Kier alpha value is -0.300. The molecule has 1 unspecified atom stereocenters. The number of nitrogens with zero attached hydrogens (tertiary/aromatic N) is 1. The molecule has 0 amide bonds. The zero-order valence-corrected chi connectivity index (χ0v) is 7.63. The first-order chi connectivity index (χ1) is 4.99. The molecule has 0 saturated heterocycles. The summed E-state index contributed by atoms with van der Waals surface area (Å²) in [7, 11) is -3.48. The highest BCUT2D eigenvalue weighted by molar-refractivity contribution is 8.24. The Morgan fingerprint density at radius 1 is 1.55 bits per heavy atom. The van der Waals surface area contributed by atoms with Crippen molar-refractivity contribution in [2.75, 3.05) is 12.0 Å². The minimum atomic E-state index is -3.48. The molecule has 0 N–H and O–H groups in total. The molecule has 11 heavy (non-hydrogen) atoms. The topological polar surface area (TPSA) is 23.8 Å². The van der Waals surface area contributed by atoms with E-state index in [-0.39, 0.29) is 5.75 Å². The Balaban J connectivity index is 3.81. The van der Waals surface area contributed by atoms with Crippen molar-refractivity contribution < 1.29 is 7.77 Å². The van der Waals surface area contributed by atoms with Crippen LogP contribution in [0.5, 0.6) is 0 Å². The summed E-state index contributed by atoms with van der Waals surface area (Å²) in [4.78, 5) is 0. The SMILES string of the molecule is CCCC(C#N)CS(C)(F)F.